The van der Waals surface area contributed by atoms with Crippen LogP contribution in [0.4, 0.5) is 0 Å². The average molecular weight is 248 g/mol. The maximum absolute atomic E-state index is 11.9. The van der Waals surface area contributed by atoms with Crippen molar-refractivity contribution in [3.63, 3.8) is 0 Å². The van der Waals surface area contributed by atoms with Gasteiger partial charge in [0.25, 0.3) is 0 Å². The third-order valence-corrected chi connectivity index (χ3v) is 3.94. The predicted molar refractivity (Wildman–Crippen MR) is 61.7 cm³/mol. The van der Waals surface area contributed by atoms with Crippen molar-refractivity contribution < 1.29 is 4.21 Å². The van der Waals surface area contributed by atoms with Gasteiger partial charge in [0.15, 0.2) is 0 Å². The van der Waals surface area contributed by atoms with Crippen molar-refractivity contribution in [2.24, 2.45) is 0 Å². The van der Waals surface area contributed by atoms with Crippen LogP contribution in [0.1, 0.15) is 12.1 Å². The molecule has 15 heavy (non-hydrogen) atoms. The van der Waals surface area contributed by atoms with E-state index < -0.39 is 10.8 Å². The monoisotopic (exact) mass is 247 g/mol. The Hall–Kier alpha value is -0.520. The van der Waals surface area contributed by atoms with E-state index in [0.717, 1.165) is 25.2 Å². The van der Waals surface area contributed by atoms with Crippen molar-refractivity contribution in [1.82, 2.24) is 15.5 Å². The van der Waals surface area contributed by atoms with Crippen molar-refractivity contribution in [2.45, 2.75) is 23.6 Å². The Bertz CT molecular complexity index is 338. The minimum Gasteiger partial charge on any atom is -0.315 e. The van der Waals surface area contributed by atoms with E-state index >= 15 is 0 Å². The minimum atomic E-state index is -1.00. The fraction of sp³-hybridized carbons (Fsp3) is 0.556. The lowest BCUT2D eigenvalue weighted by molar-refractivity contribution is 0.666. The molecule has 0 aliphatic carbocycles. The van der Waals surface area contributed by atoms with E-state index in [9.17, 15) is 4.21 Å². The molecule has 1 N–H and O–H groups in total. The molecule has 1 aromatic heterocycles. The molecule has 4 nitrogen and oxygen atoms in total. The first kappa shape index (κ1) is 12.5. The van der Waals surface area contributed by atoms with Crippen LogP contribution in [0.15, 0.2) is 17.2 Å². The minimum absolute atomic E-state index is 0. The molecule has 0 amide bonds. The van der Waals surface area contributed by atoms with E-state index in [1.54, 1.807) is 6.07 Å². The molecule has 1 saturated heterocycles. The summed E-state index contributed by atoms with van der Waals surface area (Å²) < 4.78 is 11.9. The summed E-state index contributed by atoms with van der Waals surface area (Å²) in [6, 6.07) is 3.65. The Labute approximate surface area is 97.7 Å². The molecule has 0 aromatic carbocycles. The third-order valence-electron chi connectivity index (χ3n) is 2.30. The van der Waals surface area contributed by atoms with Crippen molar-refractivity contribution in [2.75, 3.05) is 13.1 Å². The summed E-state index contributed by atoms with van der Waals surface area (Å²) in [7, 11) is -1.00. The Morgan fingerprint density at radius 3 is 2.80 bits per heavy atom. The molecule has 1 aromatic rings. The van der Waals surface area contributed by atoms with Crippen LogP contribution in [0.3, 0.4) is 0 Å². The number of hydrogen-bond donors (Lipinski definition) is 1. The molecule has 2 rings (SSSR count). The third kappa shape index (κ3) is 2.96. The maximum Gasteiger partial charge on any atom is 0.150 e. The van der Waals surface area contributed by atoms with Crippen LogP contribution in [-0.4, -0.2) is 32.7 Å². The van der Waals surface area contributed by atoms with Crippen molar-refractivity contribution in [3.8, 4) is 0 Å². The maximum atomic E-state index is 11.9. The zero-order valence-corrected chi connectivity index (χ0v) is 10.1. The number of rotatable bonds is 2. The highest BCUT2D eigenvalue weighted by atomic mass is 35.5. The molecule has 2 atom stereocenters. The molecule has 1 fully saturated rings. The van der Waals surface area contributed by atoms with Crippen LogP contribution < -0.4 is 5.32 Å². The molecule has 6 heteroatoms. The molecular weight excluding hydrogens is 234 g/mol. The van der Waals surface area contributed by atoms with Gasteiger partial charge in [-0.2, -0.15) is 5.10 Å². The topological polar surface area (TPSA) is 54.9 Å². The first-order valence-electron chi connectivity index (χ1n) is 4.69. The second-order valence-electron chi connectivity index (χ2n) is 3.43. The van der Waals surface area contributed by atoms with E-state index in [4.69, 9.17) is 0 Å². The van der Waals surface area contributed by atoms with Gasteiger partial charge in [-0.05, 0) is 32.0 Å². The van der Waals surface area contributed by atoms with Crippen LogP contribution in [0.25, 0.3) is 0 Å². The fourth-order valence-electron chi connectivity index (χ4n) is 1.48. The van der Waals surface area contributed by atoms with Gasteiger partial charge < -0.3 is 5.32 Å². The second kappa shape index (κ2) is 5.53. The van der Waals surface area contributed by atoms with E-state index in [0.29, 0.717) is 5.03 Å². The number of halogens is 1. The zero-order valence-electron chi connectivity index (χ0n) is 8.47. The van der Waals surface area contributed by atoms with Gasteiger partial charge in [0.2, 0.25) is 0 Å². The summed E-state index contributed by atoms with van der Waals surface area (Å²) in [5.74, 6) is 0. The molecule has 0 radical (unpaired) electrons. The number of aromatic nitrogens is 2. The molecule has 1 aliphatic heterocycles. The molecular formula is C9H14ClN3OS. The molecule has 0 bridgehead atoms. The van der Waals surface area contributed by atoms with Gasteiger partial charge in [-0.1, -0.05) is 0 Å². The lowest BCUT2D eigenvalue weighted by Gasteiger charge is -2.06. The van der Waals surface area contributed by atoms with Gasteiger partial charge in [-0.15, -0.1) is 17.5 Å². The summed E-state index contributed by atoms with van der Waals surface area (Å²) >= 11 is 0. The van der Waals surface area contributed by atoms with Crippen molar-refractivity contribution in [1.29, 1.82) is 0 Å². The van der Waals surface area contributed by atoms with Gasteiger partial charge in [0.05, 0.1) is 21.7 Å². The largest absolute Gasteiger partial charge is 0.315 e. The van der Waals surface area contributed by atoms with E-state index in [2.05, 4.69) is 15.5 Å². The summed E-state index contributed by atoms with van der Waals surface area (Å²) in [6.45, 7) is 3.65. The average Bonchev–Trinajstić information content (AvgIpc) is 2.71. The first-order valence-corrected chi connectivity index (χ1v) is 5.90. The molecule has 0 spiro atoms. The summed E-state index contributed by atoms with van der Waals surface area (Å²) in [5.41, 5.74) is 0.857. The molecule has 1 aliphatic rings. The SMILES string of the molecule is Cc1ccc([S@@](=O)[C@@H]2CCNC2)nn1.Cl. The Morgan fingerprint density at radius 2 is 2.27 bits per heavy atom. The smallest absolute Gasteiger partial charge is 0.150 e. The predicted octanol–water partition coefficient (Wildman–Crippen LogP) is 0.676. The van der Waals surface area contributed by atoms with Gasteiger partial charge in [-0.3, -0.25) is 4.21 Å². The van der Waals surface area contributed by atoms with Gasteiger partial charge in [-0.25, -0.2) is 0 Å². The molecule has 2 heterocycles. The highest BCUT2D eigenvalue weighted by Gasteiger charge is 2.23. The first-order chi connectivity index (χ1) is 6.77. The van der Waals surface area contributed by atoms with Crippen LogP contribution >= 0.6 is 12.4 Å². The molecule has 84 valence electrons. The van der Waals surface area contributed by atoms with E-state index in [-0.39, 0.29) is 17.7 Å². The summed E-state index contributed by atoms with van der Waals surface area (Å²) in [6.07, 6.45) is 0.960. The van der Waals surface area contributed by atoms with Crippen molar-refractivity contribution in [3.05, 3.63) is 17.8 Å². The summed E-state index contributed by atoms with van der Waals surface area (Å²) in [4.78, 5) is 0. The summed E-state index contributed by atoms with van der Waals surface area (Å²) in [5, 5.41) is 11.8. The highest BCUT2D eigenvalue weighted by Crippen LogP contribution is 2.13. The lowest BCUT2D eigenvalue weighted by atomic mass is 10.4. The molecule has 0 saturated carbocycles. The second-order valence-corrected chi connectivity index (χ2v) is 5.10. The van der Waals surface area contributed by atoms with Crippen LogP contribution in [0, 0.1) is 6.92 Å². The quantitative estimate of drug-likeness (QED) is 0.835. The highest BCUT2D eigenvalue weighted by molar-refractivity contribution is 7.85. The Balaban J connectivity index is 0.00000112. The number of nitrogens with one attached hydrogen (secondary N) is 1. The van der Waals surface area contributed by atoms with E-state index in [1.165, 1.54) is 0 Å². The van der Waals surface area contributed by atoms with E-state index in [1.807, 2.05) is 13.0 Å². The van der Waals surface area contributed by atoms with Crippen LogP contribution in [0.5, 0.6) is 0 Å². The number of nitrogens with zero attached hydrogens (tertiary/aromatic N) is 2. The standard InChI is InChI=1S/C9H13N3OS.ClH/c1-7-2-3-9(12-11-7)14(13)8-4-5-10-6-8;/h2-3,8,10H,4-6H2,1H3;1H/t8-,14+;/m1./s1. The van der Waals surface area contributed by atoms with Crippen LogP contribution in [0.2, 0.25) is 0 Å². The Kier molecular flexibility index (Phi) is 4.63. The number of aryl methyl sites for hydroxylation is 1. The van der Waals surface area contributed by atoms with Crippen molar-refractivity contribution >= 4 is 23.2 Å². The molecule has 0 unspecified atom stereocenters. The van der Waals surface area contributed by atoms with Crippen LogP contribution in [-0.2, 0) is 10.8 Å². The zero-order chi connectivity index (χ0) is 9.97. The number of hydrogen-bond acceptors (Lipinski definition) is 4. The van der Waals surface area contributed by atoms with Gasteiger partial charge >= 0.3 is 0 Å². The van der Waals surface area contributed by atoms with Gasteiger partial charge in [0.1, 0.15) is 5.03 Å². The fourth-order valence-corrected chi connectivity index (χ4v) is 2.74. The normalized spacial score (nSPS) is 22.1. The Morgan fingerprint density at radius 1 is 1.47 bits per heavy atom. The van der Waals surface area contributed by atoms with Gasteiger partial charge in [0, 0.05) is 6.54 Å². The lowest BCUT2D eigenvalue weighted by Crippen LogP contribution is -2.19.